The Morgan fingerprint density at radius 2 is 2.50 bits per heavy atom. The van der Waals surface area contributed by atoms with E-state index in [1.165, 1.54) is 0 Å². The van der Waals surface area contributed by atoms with Crippen LogP contribution in [0.4, 0.5) is 0 Å². The summed E-state index contributed by atoms with van der Waals surface area (Å²) < 4.78 is 4.94. The number of nitrogens with one attached hydrogen (secondary N) is 1. The van der Waals surface area contributed by atoms with Crippen LogP contribution in [0.3, 0.4) is 0 Å². The average Bonchev–Trinajstić information content (AvgIpc) is 1.80. The Hall–Kier alpha value is -0.770. The highest BCUT2D eigenvalue weighted by molar-refractivity contribution is 5.78. The molecule has 4 nitrogen and oxygen atoms in total. The largest absolute Gasteiger partial charge is 0.377 e. The van der Waals surface area contributed by atoms with Crippen LogP contribution >= 0.6 is 0 Å². The molecular formula is C6H13N3O. The molecular weight excluding hydrogens is 130 g/mol. The lowest BCUT2D eigenvalue weighted by Crippen LogP contribution is -2.51. The van der Waals surface area contributed by atoms with Crippen molar-refractivity contribution in [3.63, 3.8) is 0 Å². The zero-order valence-corrected chi connectivity index (χ0v) is 6.13. The van der Waals surface area contributed by atoms with E-state index in [0.29, 0.717) is 12.0 Å². The molecule has 4 heteroatoms. The number of guanidine groups is 1. The second kappa shape index (κ2) is 3.41. The molecule has 0 aromatic rings. The Morgan fingerprint density at radius 3 is 2.90 bits per heavy atom. The standard InChI is InChI=1S/C6H13N3O/c1-2-8-6(7)9-5-3-10-4-5/h5H,2-4H2,1H3,(H3,7,8,9). The van der Waals surface area contributed by atoms with Crippen LogP contribution in [0.2, 0.25) is 0 Å². The number of hydrogen-bond acceptors (Lipinski definition) is 2. The van der Waals surface area contributed by atoms with Gasteiger partial charge in [-0.1, -0.05) is 0 Å². The van der Waals surface area contributed by atoms with Gasteiger partial charge < -0.3 is 15.8 Å². The maximum absolute atomic E-state index is 5.48. The van der Waals surface area contributed by atoms with Gasteiger partial charge in [-0.15, -0.1) is 0 Å². The number of aliphatic imine (C=N–C) groups is 1. The molecule has 0 aliphatic carbocycles. The first-order valence-corrected chi connectivity index (χ1v) is 3.47. The van der Waals surface area contributed by atoms with Gasteiger partial charge in [-0.05, 0) is 6.92 Å². The minimum Gasteiger partial charge on any atom is -0.377 e. The van der Waals surface area contributed by atoms with Crippen molar-refractivity contribution in [2.24, 2.45) is 10.7 Å². The molecule has 0 atom stereocenters. The smallest absolute Gasteiger partial charge is 0.188 e. The summed E-state index contributed by atoms with van der Waals surface area (Å²) in [7, 11) is 0. The van der Waals surface area contributed by atoms with E-state index in [2.05, 4.69) is 10.3 Å². The number of hydrogen-bond donors (Lipinski definition) is 2. The molecule has 3 N–H and O–H groups in total. The molecule has 58 valence electrons. The molecule has 0 unspecified atom stereocenters. The minimum absolute atomic E-state index is 0.385. The summed E-state index contributed by atoms with van der Waals surface area (Å²) >= 11 is 0. The Bertz CT molecular complexity index is 131. The molecule has 0 amide bonds. The van der Waals surface area contributed by atoms with Crippen molar-refractivity contribution in [1.29, 1.82) is 0 Å². The normalized spacial score (nSPS) is 20.3. The van der Waals surface area contributed by atoms with Crippen molar-refractivity contribution in [3.8, 4) is 0 Å². The molecule has 1 heterocycles. The van der Waals surface area contributed by atoms with Crippen LogP contribution in [-0.2, 0) is 4.74 Å². The molecule has 1 rings (SSSR count). The van der Waals surface area contributed by atoms with Gasteiger partial charge in [0.15, 0.2) is 5.96 Å². The fourth-order valence-corrected chi connectivity index (χ4v) is 0.744. The second-order valence-corrected chi connectivity index (χ2v) is 2.24. The van der Waals surface area contributed by atoms with E-state index < -0.39 is 0 Å². The molecule has 1 aliphatic rings. The van der Waals surface area contributed by atoms with E-state index in [1.54, 1.807) is 0 Å². The molecule has 0 saturated carbocycles. The van der Waals surface area contributed by atoms with Crippen LogP contribution in [-0.4, -0.2) is 31.8 Å². The Labute approximate surface area is 60.5 Å². The summed E-state index contributed by atoms with van der Waals surface area (Å²) in [6.07, 6.45) is 0. The third kappa shape index (κ3) is 1.88. The predicted octanol–water partition coefficient (Wildman–Crippen LogP) is -0.691. The van der Waals surface area contributed by atoms with E-state index in [-0.39, 0.29) is 0 Å². The monoisotopic (exact) mass is 143 g/mol. The van der Waals surface area contributed by atoms with Crippen LogP contribution in [0.5, 0.6) is 0 Å². The molecule has 0 radical (unpaired) electrons. The van der Waals surface area contributed by atoms with Gasteiger partial charge in [0.2, 0.25) is 0 Å². The van der Waals surface area contributed by atoms with Crippen LogP contribution < -0.4 is 11.1 Å². The Morgan fingerprint density at radius 1 is 1.80 bits per heavy atom. The van der Waals surface area contributed by atoms with E-state index in [4.69, 9.17) is 10.5 Å². The number of nitrogens with two attached hydrogens (primary N) is 1. The van der Waals surface area contributed by atoms with Gasteiger partial charge in [0.25, 0.3) is 0 Å². The van der Waals surface area contributed by atoms with Crippen LogP contribution in [0, 0.1) is 0 Å². The second-order valence-electron chi connectivity index (χ2n) is 2.24. The van der Waals surface area contributed by atoms with Gasteiger partial charge in [0.1, 0.15) is 0 Å². The average molecular weight is 143 g/mol. The quantitative estimate of drug-likeness (QED) is 0.397. The van der Waals surface area contributed by atoms with Crippen molar-refractivity contribution in [2.75, 3.05) is 19.8 Å². The van der Waals surface area contributed by atoms with Gasteiger partial charge in [-0.25, -0.2) is 0 Å². The Kier molecular flexibility index (Phi) is 2.50. The summed E-state index contributed by atoms with van der Waals surface area (Å²) in [5.41, 5.74) is 5.48. The molecule has 0 aromatic carbocycles. The van der Waals surface area contributed by atoms with Gasteiger partial charge in [-0.2, -0.15) is 0 Å². The van der Waals surface area contributed by atoms with Crippen LogP contribution in [0.25, 0.3) is 0 Å². The fraction of sp³-hybridized carbons (Fsp3) is 0.833. The molecule has 0 aromatic heterocycles. The third-order valence-corrected chi connectivity index (χ3v) is 1.32. The molecule has 1 saturated heterocycles. The SMILES string of the molecule is CCN=C(N)NC1COC1. The van der Waals surface area contributed by atoms with E-state index in [0.717, 1.165) is 19.8 Å². The number of ether oxygens (including phenoxy) is 1. The Balaban J connectivity index is 2.16. The maximum atomic E-state index is 5.48. The molecule has 0 spiro atoms. The van der Waals surface area contributed by atoms with E-state index in [9.17, 15) is 0 Å². The molecule has 0 bridgehead atoms. The molecule has 1 fully saturated rings. The van der Waals surface area contributed by atoms with Gasteiger partial charge in [0.05, 0.1) is 19.3 Å². The van der Waals surface area contributed by atoms with Crippen molar-refractivity contribution < 1.29 is 4.74 Å². The highest BCUT2D eigenvalue weighted by Crippen LogP contribution is 1.97. The zero-order chi connectivity index (χ0) is 7.40. The summed E-state index contributed by atoms with van der Waals surface area (Å²) in [4.78, 5) is 3.97. The fourth-order valence-electron chi connectivity index (χ4n) is 0.744. The highest BCUT2D eigenvalue weighted by Gasteiger charge is 2.17. The lowest BCUT2D eigenvalue weighted by atomic mass is 10.3. The summed E-state index contributed by atoms with van der Waals surface area (Å²) in [6.45, 7) is 4.18. The highest BCUT2D eigenvalue weighted by atomic mass is 16.5. The van der Waals surface area contributed by atoms with E-state index >= 15 is 0 Å². The van der Waals surface area contributed by atoms with Crippen molar-refractivity contribution in [1.82, 2.24) is 5.32 Å². The predicted molar refractivity (Wildman–Crippen MR) is 39.9 cm³/mol. The third-order valence-electron chi connectivity index (χ3n) is 1.32. The maximum Gasteiger partial charge on any atom is 0.188 e. The summed E-state index contributed by atoms with van der Waals surface area (Å²) in [6, 6.07) is 0.385. The number of rotatable bonds is 2. The van der Waals surface area contributed by atoms with Gasteiger partial charge >= 0.3 is 0 Å². The minimum atomic E-state index is 0.385. The first kappa shape index (κ1) is 7.34. The lowest BCUT2D eigenvalue weighted by molar-refractivity contribution is 0.00307. The summed E-state index contributed by atoms with van der Waals surface area (Å²) in [5, 5.41) is 3.02. The van der Waals surface area contributed by atoms with Crippen molar-refractivity contribution in [2.45, 2.75) is 13.0 Å². The molecule has 1 aliphatic heterocycles. The van der Waals surface area contributed by atoms with Crippen LogP contribution in [0.15, 0.2) is 4.99 Å². The zero-order valence-electron chi connectivity index (χ0n) is 6.13. The van der Waals surface area contributed by atoms with Gasteiger partial charge in [-0.3, -0.25) is 4.99 Å². The van der Waals surface area contributed by atoms with Crippen molar-refractivity contribution in [3.05, 3.63) is 0 Å². The van der Waals surface area contributed by atoms with Crippen molar-refractivity contribution >= 4 is 5.96 Å². The lowest BCUT2D eigenvalue weighted by Gasteiger charge is -2.27. The topological polar surface area (TPSA) is 59.6 Å². The first-order valence-electron chi connectivity index (χ1n) is 3.47. The first-order chi connectivity index (χ1) is 4.83. The summed E-state index contributed by atoms with van der Waals surface area (Å²) in [5.74, 6) is 0.524. The van der Waals surface area contributed by atoms with Crippen LogP contribution in [0.1, 0.15) is 6.92 Å². The molecule has 10 heavy (non-hydrogen) atoms. The number of nitrogens with zero attached hydrogens (tertiary/aromatic N) is 1. The van der Waals surface area contributed by atoms with E-state index in [1.807, 2.05) is 6.92 Å². The van der Waals surface area contributed by atoms with Gasteiger partial charge in [0, 0.05) is 6.54 Å².